The van der Waals surface area contributed by atoms with E-state index in [0.29, 0.717) is 36.5 Å². The van der Waals surface area contributed by atoms with Crippen molar-refractivity contribution >= 4 is 5.97 Å². The fraction of sp³-hybridized carbons (Fsp3) is 0.960. The van der Waals surface area contributed by atoms with Crippen molar-refractivity contribution in [2.24, 2.45) is 46.3 Å². The summed E-state index contributed by atoms with van der Waals surface area (Å²) in [7, 11) is 1.45. The number of ether oxygens (including phenoxy) is 1. The average Bonchev–Trinajstić information content (AvgIpc) is 3.08. The molecule has 4 aliphatic rings. The summed E-state index contributed by atoms with van der Waals surface area (Å²) >= 11 is 0. The van der Waals surface area contributed by atoms with Gasteiger partial charge < -0.3 is 20.1 Å². The third-order valence-corrected chi connectivity index (χ3v) is 10.5. The molecular formula is C25H42O5. The number of fused-ring (bicyclic) bond motifs is 5. The zero-order chi connectivity index (χ0) is 21.8. The second kappa shape index (κ2) is 8.04. The summed E-state index contributed by atoms with van der Waals surface area (Å²) in [5, 5.41) is 32.7. The Kier molecular flexibility index (Phi) is 6.04. The van der Waals surface area contributed by atoms with E-state index < -0.39 is 12.2 Å². The fourth-order valence-corrected chi connectivity index (χ4v) is 8.86. The van der Waals surface area contributed by atoms with Crippen molar-refractivity contribution in [2.45, 2.75) is 96.9 Å². The van der Waals surface area contributed by atoms with E-state index in [1.807, 2.05) is 0 Å². The van der Waals surface area contributed by atoms with Crippen molar-refractivity contribution in [3.8, 4) is 0 Å². The molecule has 0 radical (unpaired) electrons. The summed E-state index contributed by atoms with van der Waals surface area (Å²) < 4.78 is 4.84. The van der Waals surface area contributed by atoms with E-state index in [2.05, 4.69) is 20.8 Å². The molecule has 5 nitrogen and oxygen atoms in total. The molecule has 11 atom stereocenters. The molecular weight excluding hydrogens is 380 g/mol. The summed E-state index contributed by atoms with van der Waals surface area (Å²) in [5.74, 6) is 1.87. The molecule has 0 unspecified atom stereocenters. The van der Waals surface area contributed by atoms with E-state index in [9.17, 15) is 20.1 Å². The van der Waals surface area contributed by atoms with Crippen LogP contribution >= 0.6 is 0 Å². The van der Waals surface area contributed by atoms with Crippen molar-refractivity contribution in [3.05, 3.63) is 0 Å². The zero-order valence-electron chi connectivity index (χ0n) is 19.2. The van der Waals surface area contributed by atoms with Crippen molar-refractivity contribution in [3.63, 3.8) is 0 Å². The summed E-state index contributed by atoms with van der Waals surface area (Å²) in [6.07, 6.45) is 6.48. The van der Waals surface area contributed by atoms with Crippen molar-refractivity contribution < 1.29 is 24.9 Å². The monoisotopic (exact) mass is 422 g/mol. The molecule has 0 saturated heterocycles. The van der Waals surface area contributed by atoms with Gasteiger partial charge in [0.15, 0.2) is 0 Å². The molecule has 30 heavy (non-hydrogen) atoms. The van der Waals surface area contributed by atoms with Gasteiger partial charge in [-0.3, -0.25) is 4.79 Å². The van der Waals surface area contributed by atoms with Gasteiger partial charge in [-0.2, -0.15) is 0 Å². The maximum Gasteiger partial charge on any atom is 0.305 e. The van der Waals surface area contributed by atoms with Crippen LogP contribution in [-0.4, -0.2) is 46.7 Å². The van der Waals surface area contributed by atoms with Gasteiger partial charge in [0.05, 0.1) is 25.4 Å². The highest BCUT2D eigenvalue weighted by Crippen LogP contribution is 2.68. The van der Waals surface area contributed by atoms with Crippen LogP contribution < -0.4 is 0 Å². The first kappa shape index (κ1) is 22.5. The Morgan fingerprint density at radius 3 is 2.33 bits per heavy atom. The number of carbonyl (C=O) groups excluding carboxylic acids is 1. The smallest absolute Gasteiger partial charge is 0.305 e. The molecule has 0 amide bonds. The summed E-state index contributed by atoms with van der Waals surface area (Å²) in [6.45, 7) is 7.02. The molecule has 0 bridgehead atoms. The van der Waals surface area contributed by atoms with Gasteiger partial charge >= 0.3 is 5.97 Å². The topological polar surface area (TPSA) is 87.0 Å². The molecule has 0 aromatic heterocycles. The molecule has 5 heteroatoms. The van der Waals surface area contributed by atoms with E-state index in [1.165, 1.54) is 13.5 Å². The molecule has 0 aromatic carbocycles. The Balaban J connectivity index is 1.56. The van der Waals surface area contributed by atoms with Crippen LogP contribution in [0.3, 0.4) is 0 Å². The SMILES string of the molecule is COC(=O)CC[C@@H](C)[C@H]1CC[C@H]2[C@@H]3[C@@H](O)[C@H](O)[C@@H]4C[C@@H](O)CC[C@]4(C)[C@H]3CC[C@]12C. The first-order chi connectivity index (χ1) is 14.1. The van der Waals surface area contributed by atoms with Crippen LogP contribution in [0.25, 0.3) is 0 Å². The maximum atomic E-state index is 11.7. The minimum Gasteiger partial charge on any atom is -0.469 e. The number of carbonyl (C=O) groups is 1. The van der Waals surface area contributed by atoms with Gasteiger partial charge in [-0.1, -0.05) is 20.8 Å². The highest BCUT2D eigenvalue weighted by atomic mass is 16.5. The van der Waals surface area contributed by atoms with Crippen LogP contribution in [-0.2, 0) is 9.53 Å². The lowest BCUT2D eigenvalue weighted by atomic mass is 9.43. The lowest BCUT2D eigenvalue weighted by Gasteiger charge is -2.63. The normalized spacial score (nSPS) is 51.4. The van der Waals surface area contributed by atoms with Gasteiger partial charge in [-0.15, -0.1) is 0 Å². The number of aliphatic hydroxyl groups excluding tert-OH is 3. The zero-order valence-corrected chi connectivity index (χ0v) is 19.2. The fourth-order valence-electron chi connectivity index (χ4n) is 8.86. The largest absolute Gasteiger partial charge is 0.469 e. The first-order valence-corrected chi connectivity index (χ1v) is 12.2. The number of esters is 1. The highest BCUT2D eigenvalue weighted by molar-refractivity contribution is 5.69. The Morgan fingerprint density at radius 2 is 1.63 bits per heavy atom. The van der Waals surface area contributed by atoms with Crippen LogP contribution in [0, 0.1) is 46.3 Å². The molecule has 4 aliphatic carbocycles. The third-order valence-electron chi connectivity index (χ3n) is 10.5. The minimum absolute atomic E-state index is 0.00182. The van der Waals surface area contributed by atoms with E-state index >= 15 is 0 Å². The van der Waals surface area contributed by atoms with Crippen LogP contribution in [0.5, 0.6) is 0 Å². The number of rotatable bonds is 4. The lowest BCUT2D eigenvalue weighted by Crippen LogP contribution is -2.64. The van der Waals surface area contributed by atoms with Gasteiger partial charge in [-0.25, -0.2) is 0 Å². The lowest BCUT2D eigenvalue weighted by molar-refractivity contribution is -0.223. The number of methoxy groups -OCH3 is 1. The summed E-state index contributed by atoms with van der Waals surface area (Å²) in [5.41, 5.74) is 0.174. The molecule has 0 aliphatic heterocycles. The summed E-state index contributed by atoms with van der Waals surface area (Å²) in [4.78, 5) is 11.7. The third kappa shape index (κ3) is 3.34. The van der Waals surface area contributed by atoms with E-state index in [1.54, 1.807) is 0 Å². The summed E-state index contributed by atoms with van der Waals surface area (Å²) in [6, 6.07) is 0. The maximum absolute atomic E-state index is 11.7. The second-order valence-corrected chi connectivity index (χ2v) is 11.6. The molecule has 0 aromatic rings. The van der Waals surface area contributed by atoms with Gasteiger partial charge in [0.2, 0.25) is 0 Å². The first-order valence-electron chi connectivity index (χ1n) is 12.2. The molecule has 4 rings (SSSR count). The predicted molar refractivity (Wildman–Crippen MR) is 114 cm³/mol. The van der Waals surface area contributed by atoms with Crippen molar-refractivity contribution in [1.82, 2.24) is 0 Å². The number of hydrogen-bond donors (Lipinski definition) is 3. The van der Waals surface area contributed by atoms with Gasteiger partial charge in [-0.05, 0) is 97.7 Å². The van der Waals surface area contributed by atoms with E-state index in [4.69, 9.17) is 4.74 Å². The minimum atomic E-state index is -0.732. The molecule has 172 valence electrons. The molecule has 0 heterocycles. The predicted octanol–water partition coefficient (Wildman–Crippen LogP) is 3.54. The standard InChI is InChI=1S/C25H42O5/c1-14(5-8-20(27)30-4)16-6-7-17-21-18(10-12-24(16,17)2)25(3)11-9-15(26)13-19(25)22(28)23(21)29/h14-19,21-23,26,28-29H,5-13H2,1-4H3/t14-,15+,16-,17+,18+,19+,21+,22-,23-,24-,25-/m1/s1. The van der Waals surface area contributed by atoms with E-state index in [0.717, 1.165) is 38.5 Å². The van der Waals surface area contributed by atoms with Gasteiger partial charge in [0.25, 0.3) is 0 Å². The molecule has 4 fully saturated rings. The number of hydrogen-bond acceptors (Lipinski definition) is 5. The van der Waals surface area contributed by atoms with Crippen molar-refractivity contribution in [1.29, 1.82) is 0 Å². The van der Waals surface area contributed by atoms with E-state index in [-0.39, 0.29) is 34.7 Å². The second-order valence-electron chi connectivity index (χ2n) is 11.6. The molecule has 0 spiro atoms. The average molecular weight is 423 g/mol. The van der Waals surface area contributed by atoms with Crippen molar-refractivity contribution in [2.75, 3.05) is 7.11 Å². The quantitative estimate of drug-likeness (QED) is 0.603. The Hall–Kier alpha value is -0.650. The van der Waals surface area contributed by atoms with Gasteiger partial charge in [0.1, 0.15) is 0 Å². The molecule has 4 saturated carbocycles. The number of aliphatic hydroxyl groups is 3. The van der Waals surface area contributed by atoms with Crippen LogP contribution in [0.15, 0.2) is 0 Å². The highest BCUT2D eigenvalue weighted by Gasteiger charge is 2.65. The van der Waals surface area contributed by atoms with Crippen LogP contribution in [0.4, 0.5) is 0 Å². The molecule has 3 N–H and O–H groups in total. The van der Waals surface area contributed by atoms with Gasteiger partial charge in [0, 0.05) is 6.42 Å². The van der Waals surface area contributed by atoms with Crippen LogP contribution in [0.2, 0.25) is 0 Å². The Bertz CT molecular complexity index is 651. The Labute approximate surface area is 181 Å². The Morgan fingerprint density at radius 1 is 0.967 bits per heavy atom. The van der Waals surface area contributed by atoms with Crippen LogP contribution in [0.1, 0.15) is 78.6 Å².